The van der Waals surface area contributed by atoms with Gasteiger partial charge >= 0.3 is 0 Å². The molecule has 0 heterocycles. The number of aliphatic hydroxyl groups excluding tert-OH is 2. The quantitative estimate of drug-likeness (QED) is 0.251. The Labute approximate surface area is 129 Å². The highest BCUT2D eigenvalue weighted by Gasteiger charge is 2.13. The highest BCUT2D eigenvalue weighted by atomic mass is 16.5. The number of nitrogens with one attached hydrogen (secondary N) is 1. The molecule has 0 radical (unpaired) electrons. The number of hydrogen-bond donors (Lipinski definition) is 4. The average molecular weight is 307 g/mol. The molecular formula is C16H21NO5. The smallest absolute Gasteiger partial charge is 0.267 e. The molecular weight excluding hydrogens is 286 g/mol. The van der Waals surface area contributed by atoms with Crippen LogP contribution < -0.4 is 10.2 Å². The van der Waals surface area contributed by atoms with E-state index >= 15 is 0 Å². The van der Waals surface area contributed by atoms with Gasteiger partial charge in [-0.2, -0.15) is 0 Å². The van der Waals surface area contributed by atoms with Crippen LogP contribution in [0.15, 0.2) is 48.6 Å². The van der Waals surface area contributed by atoms with Crippen LogP contribution in [0.5, 0.6) is 5.75 Å². The molecule has 2 atom stereocenters. The third-order valence-electron chi connectivity index (χ3n) is 2.96. The average Bonchev–Trinajstić information content (AvgIpc) is 2.56. The number of rotatable bonds is 8. The van der Waals surface area contributed by atoms with E-state index in [0.717, 1.165) is 5.56 Å². The summed E-state index contributed by atoms with van der Waals surface area (Å²) in [7, 11) is 0. The number of benzene rings is 1. The van der Waals surface area contributed by atoms with Crippen LogP contribution in [-0.4, -0.2) is 34.5 Å². The van der Waals surface area contributed by atoms with Crippen molar-refractivity contribution in [3.05, 3.63) is 54.1 Å². The molecule has 1 aromatic rings. The monoisotopic (exact) mass is 307 g/mol. The van der Waals surface area contributed by atoms with Gasteiger partial charge in [0.05, 0.1) is 12.7 Å². The third-order valence-corrected chi connectivity index (χ3v) is 2.96. The van der Waals surface area contributed by atoms with Crippen LogP contribution in [0.25, 0.3) is 0 Å². The predicted molar refractivity (Wildman–Crippen MR) is 81.4 cm³/mol. The number of carbonyl (C=O) groups excluding carboxylic acids is 1. The van der Waals surface area contributed by atoms with Crippen LogP contribution >= 0.6 is 0 Å². The van der Waals surface area contributed by atoms with Crippen LogP contribution in [-0.2, 0) is 4.79 Å². The highest BCUT2D eigenvalue weighted by Crippen LogP contribution is 2.24. The second-order valence-corrected chi connectivity index (χ2v) is 4.67. The van der Waals surface area contributed by atoms with Crippen molar-refractivity contribution in [2.75, 3.05) is 13.2 Å². The summed E-state index contributed by atoms with van der Waals surface area (Å²) in [5.41, 5.74) is 2.23. The van der Waals surface area contributed by atoms with Crippen molar-refractivity contribution in [1.29, 1.82) is 0 Å². The van der Waals surface area contributed by atoms with Crippen molar-refractivity contribution < 1.29 is 25.0 Å². The fourth-order valence-corrected chi connectivity index (χ4v) is 1.75. The van der Waals surface area contributed by atoms with E-state index in [1.54, 1.807) is 36.4 Å². The van der Waals surface area contributed by atoms with E-state index < -0.39 is 12.0 Å². The molecule has 0 fully saturated rings. The molecule has 4 N–H and O–H groups in total. The lowest BCUT2D eigenvalue weighted by atomic mass is 9.97. The summed E-state index contributed by atoms with van der Waals surface area (Å²) in [5.74, 6) is -0.145. The maximum atomic E-state index is 10.8. The van der Waals surface area contributed by atoms with Crippen molar-refractivity contribution in [3.8, 4) is 5.75 Å². The van der Waals surface area contributed by atoms with Crippen LogP contribution in [0.3, 0.4) is 0 Å². The Balaban J connectivity index is 2.58. The van der Waals surface area contributed by atoms with E-state index in [4.69, 9.17) is 15.1 Å². The molecule has 0 aromatic heterocycles. The van der Waals surface area contributed by atoms with E-state index in [1.165, 1.54) is 17.6 Å². The molecule has 0 aliphatic carbocycles. The van der Waals surface area contributed by atoms with Gasteiger partial charge in [0.15, 0.2) is 0 Å². The standard InChI is InChI=1S/C16H21NO5/c1-12(4-2-3-5-15(19)17-21)16(20)13-6-8-14(9-7-13)22-11-10-18/h2-9,12,16,18,20-21H,10-11H2,1H3,(H,17,19)/b4-2+,5-3+/t12-,16-/m1/s1. The van der Waals surface area contributed by atoms with Gasteiger partial charge in [-0.05, 0) is 17.7 Å². The molecule has 0 aliphatic heterocycles. The second kappa shape index (κ2) is 9.73. The number of amides is 1. The highest BCUT2D eigenvalue weighted by molar-refractivity contribution is 5.86. The molecule has 0 saturated heterocycles. The first kappa shape index (κ1) is 17.9. The zero-order valence-electron chi connectivity index (χ0n) is 12.3. The fraction of sp³-hybridized carbons (Fsp3) is 0.312. The first-order valence-electron chi connectivity index (χ1n) is 6.89. The summed E-state index contributed by atoms with van der Waals surface area (Å²) in [4.78, 5) is 10.8. The molecule has 6 nitrogen and oxygen atoms in total. The Bertz CT molecular complexity index is 510. The number of hydroxylamine groups is 1. The van der Waals surface area contributed by atoms with E-state index in [2.05, 4.69) is 0 Å². The topological polar surface area (TPSA) is 99.0 Å². The van der Waals surface area contributed by atoms with Crippen molar-refractivity contribution in [1.82, 2.24) is 5.48 Å². The molecule has 0 unspecified atom stereocenters. The Morgan fingerprint density at radius 1 is 1.32 bits per heavy atom. The van der Waals surface area contributed by atoms with Crippen molar-refractivity contribution >= 4 is 5.91 Å². The van der Waals surface area contributed by atoms with Gasteiger partial charge in [0.2, 0.25) is 0 Å². The maximum absolute atomic E-state index is 10.8. The van der Waals surface area contributed by atoms with Gasteiger partial charge in [0.25, 0.3) is 5.91 Å². The van der Waals surface area contributed by atoms with Gasteiger partial charge in [-0.15, -0.1) is 0 Å². The second-order valence-electron chi connectivity index (χ2n) is 4.67. The summed E-state index contributed by atoms with van der Waals surface area (Å²) in [6.45, 7) is 2.03. The largest absolute Gasteiger partial charge is 0.491 e. The first-order valence-corrected chi connectivity index (χ1v) is 6.89. The molecule has 22 heavy (non-hydrogen) atoms. The normalized spacial score (nSPS) is 14.2. The molecule has 1 rings (SSSR count). The van der Waals surface area contributed by atoms with Crippen LogP contribution in [0.4, 0.5) is 0 Å². The lowest BCUT2D eigenvalue weighted by Crippen LogP contribution is -2.14. The molecule has 120 valence electrons. The van der Waals surface area contributed by atoms with E-state index in [0.29, 0.717) is 5.75 Å². The number of allylic oxidation sites excluding steroid dienone is 2. The fourth-order valence-electron chi connectivity index (χ4n) is 1.75. The lowest BCUT2D eigenvalue weighted by Gasteiger charge is -2.16. The molecule has 0 bridgehead atoms. The minimum atomic E-state index is -0.691. The number of ether oxygens (including phenoxy) is 1. The van der Waals surface area contributed by atoms with Crippen LogP contribution in [0.2, 0.25) is 0 Å². The van der Waals surface area contributed by atoms with E-state index in [9.17, 15) is 9.90 Å². The number of aliphatic hydroxyl groups is 2. The van der Waals surface area contributed by atoms with Crippen molar-refractivity contribution in [2.45, 2.75) is 13.0 Å². The zero-order valence-corrected chi connectivity index (χ0v) is 12.3. The van der Waals surface area contributed by atoms with Gasteiger partial charge < -0.3 is 14.9 Å². The Hall–Kier alpha value is -2.15. The van der Waals surface area contributed by atoms with Gasteiger partial charge in [-0.25, -0.2) is 5.48 Å². The molecule has 1 aromatic carbocycles. The number of carbonyl (C=O) groups is 1. The van der Waals surface area contributed by atoms with Gasteiger partial charge in [-0.1, -0.05) is 37.3 Å². The minimum absolute atomic E-state index is 0.0476. The van der Waals surface area contributed by atoms with Gasteiger partial charge in [0.1, 0.15) is 12.4 Å². The molecule has 6 heteroatoms. The summed E-state index contributed by atoms with van der Waals surface area (Å²) >= 11 is 0. The van der Waals surface area contributed by atoms with Gasteiger partial charge in [0, 0.05) is 12.0 Å². The third kappa shape index (κ3) is 6.09. The summed E-state index contributed by atoms with van der Waals surface area (Å²) in [6, 6.07) is 6.99. The molecule has 0 spiro atoms. The Morgan fingerprint density at radius 3 is 2.59 bits per heavy atom. The Kier molecular flexibility index (Phi) is 7.91. The summed E-state index contributed by atoms with van der Waals surface area (Å²) in [6.07, 6.45) is 5.33. The lowest BCUT2D eigenvalue weighted by molar-refractivity contribution is -0.124. The van der Waals surface area contributed by atoms with Gasteiger partial charge in [-0.3, -0.25) is 10.0 Å². The maximum Gasteiger partial charge on any atom is 0.267 e. The van der Waals surface area contributed by atoms with Crippen molar-refractivity contribution in [2.24, 2.45) is 5.92 Å². The zero-order chi connectivity index (χ0) is 16.4. The molecule has 1 amide bonds. The SMILES string of the molecule is C[C@H](/C=C/C=C/C(=O)NO)[C@@H](O)c1ccc(OCCO)cc1. The van der Waals surface area contributed by atoms with E-state index in [1.807, 2.05) is 6.92 Å². The summed E-state index contributed by atoms with van der Waals surface area (Å²) in [5, 5.41) is 27.2. The van der Waals surface area contributed by atoms with Crippen LogP contribution in [0, 0.1) is 5.92 Å². The molecule has 0 saturated carbocycles. The van der Waals surface area contributed by atoms with Crippen molar-refractivity contribution in [3.63, 3.8) is 0 Å². The van der Waals surface area contributed by atoms with E-state index in [-0.39, 0.29) is 19.1 Å². The van der Waals surface area contributed by atoms with Crippen LogP contribution in [0.1, 0.15) is 18.6 Å². The predicted octanol–water partition coefficient (Wildman–Crippen LogP) is 1.34. The Morgan fingerprint density at radius 2 is 2.00 bits per heavy atom. The minimum Gasteiger partial charge on any atom is -0.491 e. The molecule has 0 aliphatic rings. The first-order chi connectivity index (χ1) is 10.6. The summed E-state index contributed by atoms with van der Waals surface area (Å²) < 4.78 is 5.25. The number of hydrogen-bond acceptors (Lipinski definition) is 5.